The fourth-order valence-electron chi connectivity index (χ4n) is 3.20. The van der Waals surface area contributed by atoms with Crippen molar-refractivity contribution in [2.24, 2.45) is 0 Å². The molecule has 1 N–H and O–H groups in total. The van der Waals surface area contributed by atoms with E-state index in [2.05, 4.69) is 20.6 Å². The summed E-state index contributed by atoms with van der Waals surface area (Å²) in [5.74, 6) is 0.607. The van der Waals surface area contributed by atoms with Gasteiger partial charge in [0.05, 0.1) is 23.8 Å². The molecule has 126 valence electrons. The number of H-pyrrole nitrogens is 1. The molecule has 4 rings (SSSR count). The van der Waals surface area contributed by atoms with Gasteiger partial charge in [-0.1, -0.05) is 5.21 Å². The van der Waals surface area contributed by atoms with Crippen molar-refractivity contribution in [1.82, 2.24) is 25.5 Å². The Bertz CT molecular complexity index is 744. The molecule has 1 saturated heterocycles. The van der Waals surface area contributed by atoms with Crippen molar-refractivity contribution < 1.29 is 9.18 Å². The van der Waals surface area contributed by atoms with Gasteiger partial charge in [0.2, 0.25) is 5.91 Å². The molecule has 3 heterocycles. The highest BCUT2D eigenvalue weighted by Crippen LogP contribution is 2.33. The van der Waals surface area contributed by atoms with Gasteiger partial charge >= 0.3 is 0 Å². The number of likely N-dealkylation sites (tertiary alicyclic amines) is 1. The van der Waals surface area contributed by atoms with Crippen molar-refractivity contribution in [2.45, 2.75) is 5.92 Å². The molecule has 8 nitrogen and oxygen atoms in total. The minimum absolute atomic E-state index is 0.0644. The number of fused-ring (bicyclic) bond motifs is 1. The number of aromatic amines is 1. The first-order valence-electron chi connectivity index (χ1n) is 7.88. The third-order valence-electron chi connectivity index (χ3n) is 4.68. The molecule has 1 amide bonds. The molecule has 1 aromatic heterocycles. The summed E-state index contributed by atoms with van der Waals surface area (Å²) in [5.41, 5.74) is 1.72. The summed E-state index contributed by atoms with van der Waals surface area (Å²) in [6.45, 7) is 3.02. The number of nitrogens with one attached hydrogen (secondary N) is 1. The second-order valence-corrected chi connectivity index (χ2v) is 6.24. The molecule has 0 spiro atoms. The van der Waals surface area contributed by atoms with E-state index < -0.39 is 0 Å². The van der Waals surface area contributed by atoms with Gasteiger partial charge in [-0.3, -0.25) is 4.79 Å². The van der Waals surface area contributed by atoms with Crippen LogP contribution in [0.5, 0.6) is 0 Å². The van der Waals surface area contributed by atoms with E-state index in [0.29, 0.717) is 25.5 Å². The number of rotatable bonds is 3. The Morgan fingerprint density at radius 1 is 1.33 bits per heavy atom. The molecule has 2 aliphatic heterocycles. The second-order valence-electron chi connectivity index (χ2n) is 6.24. The van der Waals surface area contributed by atoms with Crippen LogP contribution in [0.4, 0.5) is 15.8 Å². The standard InChI is InChI=1S/C15H18FN7O/c1-21-4-5-22(12-3-2-11(16)6-13(12)21)9-14(24)23-7-10(8-23)15-17-19-20-18-15/h2-3,6,10H,4-5,7-9H2,1H3,(H,17,18,19,20). The Labute approximate surface area is 138 Å². The van der Waals surface area contributed by atoms with Gasteiger partial charge in [-0.05, 0) is 18.2 Å². The quantitative estimate of drug-likeness (QED) is 0.867. The Kier molecular flexibility index (Phi) is 3.55. The topological polar surface area (TPSA) is 81.2 Å². The van der Waals surface area contributed by atoms with Crippen LogP contribution < -0.4 is 9.80 Å². The molecule has 24 heavy (non-hydrogen) atoms. The minimum atomic E-state index is -0.264. The maximum atomic E-state index is 13.5. The fourth-order valence-corrected chi connectivity index (χ4v) is 3.20. The number of anilines is 2. The van der Waals surface area contributed by atoms with E-state index >= 15 is 0 Å². The van der Waals surface area contributed by atoms with Crippen LogP contribution in [-0.4, -0.2) is 71.2 Å². The predicted molar refractivity (Wildman–Crippen MR) is 85.4 cm³/mol. The first-order valence-corrected chi connectivity index (χ1v) is 7.88. The van der Waals surface area contributed by atoms with E-state index in [-0.39, 0.29) is 17.6 Å². The predicted octanol–water partition coefficient (Wildman–Crippen LogP) is 0.221. The van der Waals surface area contributed by atoms with Gasteiger partial charge < -0.3 is 14.7 Å². The number of benzene rings is 1. The zero-order valence-corrected chi connectivity index (χ0v) is 13.3. The summed E-state index contributed by atoms with van der Waals surface area (Å²) in [4.78, 5) is 18.3. The molecule has 1 fully saturated rings. The van der Waals surface area contributed by atoms with E-state index in [0.717, 1.165) is 24.5 Å². The maximum absolute atomic E-state index is 13.5. The van der Waals surface area contributed by atoms with E-state index in [1.54, 1.807) is 11.0 Å². The summed E-state index contributed by atoms with van der Waals surface area (Å²) in [6.07, 6.45) is 0. The highest BCUT2D eigenvalue weighted by Gasteiger charge is 2.35. The SMILES string of the molecule is CN1CCN(CC(=O)N2CC(c3nn[nH]n3)C2)c2ccc(F)cc21. The van der Waals surface area contributed by atoms with E-state index in [9.17, 15) is 9.18 Å². The maximum Gasteiger partial charge on any atom is 0.242 e. The van der Waals surface area contributed by atoms with Crippen LogP contribution in [0.25, 0.3) is 0 Å². The van der Waals surface area contributed by atoms with Crippen LogP contribution in [0.1, 0.15) is 11.7 Å². The third kappa shape index (κ3) is 2.55. The zero-order chi connectivity index (χ0) is 16.7. The number of halogens is 1. The smallest absolute Gasteiger partial charge is 0.242 e. The minimum Gasteiger partial charge on any atom is -0.371 e. The molecule has 0 unspecified atom stereocenters. The van der Waals surface area contributed by atoms with Crippen LogP contribution in [0, 0.1) is 5.82 Å². The van der Waals surface area contributed by atoms with E-state index in [1.807, 2.05) is 16.8 Å². The Morgan fingerprint density at radius 2 is 2.17 bits per heavy atom. The van der Waals surface area contributed by atoms with Crippen LogP contribution in [0.3, 0.4) is 0 Å². The van der Waals surface area contributed by atoms with E-state index in [1.165, 1.54) is 12.1 Å². The third-order valence-corrected chi connectivity index (χ3v) is 4.68. The summed E-state index contributed by atoms with van der Waals surface area (Å²) in [7, 11) is 1.93. The number of likely N-dealkylation sites (N-methyl/N-ethyl adjacent to an activating group) is 1. The van der Waals surface area contributed by atoms with Gasteiger partial charge in [0.15, 0.2) is 5.82 Å². The van der Waals surface area contributed by atoms with Gasteiger partial charge in [0, 0.05) is 33.2 Å². The number of hydrogen-bond acceptors (Lipinski definition) is 6. The number of nitrogens with zero attached hydrogens (tertiary/aromatic N) is 6. The van der Waals surface area contributed by atoms with Gasteiger partial charge in [-0.2, -0.15) is 5.21 Å². The summed E-state index contributed by atoms with van der Waals surface area (Å²) >= 11 is 0. The molecule has 0 bridgehead atoms. The van der Waals surface area contributed by atoms with Crippen LogP contribution in [0.15, 0.2) is 18.2 Å². The van der Waals surface area contributed by atoms with Crippen molar-refractivity contribution in [3.63, 3.8) is 0 Å². The van der Waals surface area contributed by atoms with Crippen LogP contribution in [0.2, 0.25) is 0 Å². The molecule has 2 aromatic rings. The number of carbonyl (C=O) groups is 1. The summed E-state index contributed by atoms with van der Waals surface area (Å²) < 4.78 is 13.5. The zero-order valence-electron chi connectivity index (χ0n) is 13.3. The molecule has 0 atom stereocenters. The number of hydrogen-bond donors (Lipinski definition) is 1. The molecular formula is C15H18FN7O. The number of aromatic nitrogens is 4. The second kappa shape index (κ2) is 5.73. The summed E-state index contributed by atoms with van der Waals surface area (Å²) in [6, 6.07) is 4.69. The lowest BCUT2D eigenvalue weighted by Crippen LogP contribution is -2.53. The van der Waals surface area contributed by atoms with Crippen LogP contribution >= 0.6 is 0 Å². The molecule has 0 aliphatic carbocycles. The average molecular weight is 331 g/mol. The first kappa shape index (κ1) is 14.9. The van der Waals surface area contributed by atoms with Gasteiger partial charge in [-0.25, -0.2) is 4.39 Å². The van der Waals surface area contributed by atoms with Crippen LogP contribution in [-0.2, 0) is 4.79 Å². The number of carbonyl (C=O) groups excluding carboxylic acids is 1. The fraction of sp³-hybridized carbons (Fsp3) is 0.467. The molecule has 0 radical (unpaired) electrons. The summed E-state index contributed by atoms with van der Waals surface area (Å²) in [5, 5.41) is 13.9. The highest BCUT2D eigenvalue weighted by atomic mass is 19.1. The monoisotopic (exact) mass is 331 g/mol. The lowest BCUT2D eigenvalue weighted by Gasteiger charge is -2.41. The average Bonchev–Trinajstić information content (AvgIpc) is 3.03. The van der Waals surface area contributed by atoms with Crippen molar-refractivity contribution in [3.8, 4) is 0 Å². The Morgan fingerprint density at radius 3 is 2.92 bits per heavy atom. The molecular weight excluding hydrogens is 313 g/mol. The number of amides is 1. The van der Waals surface area contributed by atoms with Gasteiger partial charge in [-0.15, -0.1) is 10.2 Å². The van der Waals surface area contributed by atoms with Crippen molar-refractivity contribution in [2.75, 3.05) is 49.6 Å². The van der Waals surface area contributed by atoms with Gasteiger partial charge in [0.25, 0.3) is 0 Å². The van der Waals surface area contributed by atoms with Crippen molar-refractivity contribution in [3.05, 3.63) is 29.8 Å². The highest BCUT2D eigenvalue weighted by molar-refractivity contribution is 5.85. The molecule has 1 aromatic carbocycles. The lowest BCUT2D eigenvalue weighted by atomic mass is 9.99. The normalized spacial score (nSPS) is 17.7. The lowest BCUT2D eigenvalue weighted by molar-refractivity contribution is -0.134. The first-order chi connectivity index (χ1) is 11.6. The molecule has 0 saturated carbocycles. The van der Waals surface area contributed by atoms with Crippen molar-refractivity contribution >= 4 is 17.3 Å². The van der Waals surface area contributed by atoms with Crippen molar-refractivity contribution in [1.29, 1.82) is 0 Å². The largest absolute Gasteiger partial charge is 0.371 e. The molecule has 9 heteroatoms. The van der Waals surface area contributed by atoms with Gasteiger partial charge in [0.1, 0.15) is 5.82 Å². The Balaban J connectivity index is 1.41. The molecule has 2 aliphatic rings. The number of tetrazole rings is 1. The van der Waals surface area contributed by atoms with E-state index in [4.69, 9.17) is 0 Å². The Hall–Kier alpha value is -2.71.